The SMILES string of the molecule is CN(C(=O)c1ccnc(Cl)c1)c1ccc(F)cc1N1CCN(CC=Cc2ccc(Cl)cc2)CC1. The van der Waals surface area contributed by atoms with Crippen molar-refractivity contribution in [2.45, 2.75) is 0 Å². The second-order valence-corrected chi connectivity index (χ2v) is 8.93. The highest BCUT2D eigenvalue weighted by Gasteiger charge is 2.23. The van der Waals surface area contributed by atoms with Crippen molar-refractivity contribution in [2.75, 3.05) is 49.6 Å². The standard InChI is InChI=1S/C26H25Cl2FN4O/c1-31(26(34)20-10-11-30-25(28)17-20)23-9-8-22(29)18-24(23)33-15-13-32(14-16-33)12-2-3-19-4-6-21(27)7-5-19/h2-11,17-18H,12-16H2,1H3. The summed E-state index contributed by atoms with van der Waals surface area (Å²) in [6.45, 7) is 3.95. The van der Waals surface area contributed by atoms with Gasteiger partial charge in [-0.2, -0.15) is 0 Å². The van der Waals surface area contributed by atoms with Crippen LogP contribution in [0.15, 0.2) is 66.9 Å². The number of piperazine rings is 1. The van der Waals surface area contributed by atoms with E-state index in [4.69, 9.17) is 23.2 Å². The normalized spacial score (nSPS) is 14.5. The fourth-order valence-corrected chi connectivity index (χ4v) is 4.26. The number of hydrogen-bond acceptors (Lipinski definition) is 4. The average Bonchev–Trinajstić information content (AvgIpc) is 2.85. The Labute approximate surface area is 209 Å². The van der Waals surface area contributed by atoms with Crippen LogP contribution in [0.3, 0.4) is 0 Å². The third-order valence-corrected chi connectivity index (χ3v) is 6.29. The molecule has 34 heavy (non-hydrogen) atoms. The molecule has 0 saturated carbocycles. The maximum Gasteiger partial charge on any atom is 0.258 e. The van der Waals surface area contributed by atoms with E-state index in [2.05, 4.69) is 26.9 Å². The molecule has 176 valence electrons. The highest BCUT2D eigenvalue weighted by molar-refractivity contribution is 6.30. The van der Waals surface area contributed by atoms with Gasteiger partial charge in [-0.3, -0.25) is 9.69 Å². The number of anilines is 2. The first kappa shape index (κ1) is 24.2. The van der Waals surface area contributed by atoms with Crippen LogP contribution in [-0.2, 0) is 0 Å². The largest absolute Gasteiger partial charge is 0.367 e. The number of pyridine rings is 1. The Kier molecular flexibility index (Phi) is 7.83. The second kappa shape index (κ2) is 11.0. The average molecular weight is 499 g/mol. The molecule has 2 aromatic carbocycles. The van der Waals surface area contributed by atoms with E-state index in [1.165, 1.54) is 29.3 Å². The first-order valence-corrected chi connectivity index (χ1v) is 11.7. The van der Waals surface area contributed by atoms with E-state index in [0.29, 0.717) is 16.9 Å². The molecule has 0 spiro atoms. The third kappa shape index (κ3) is 5.95. The van der Waals surface area contributed by atoms with E-state index in [1.807, 2.05) is 24.3 Å². The lowest BCUT2D eigenvalue weighted by molar-refractivity contribution is 0.0993. The van der Waals surface area contributed by atoms with Crippen molar-refractivity contribution < 1.29 is 9.18 Å². The van der Waals surface area contributed by atoms with Gasteiger partial charge in [0.05, 0.1) is 11.4 Å². The summed E-state index contributed by atoms with van der Waals surface area (Å²) >= 11 is 11.9. The summed E-state index contributed by atoms with van der Waals surface area (Å²) in [5, 5.41) is 0.974. The van der Waals surface area contributed by atoms with Gasteiger partial charge in [0.25, 0.3) is 5.91 Å². The molecule has 5 nitrogen and oxygen atoms in total. The number of amides is 1. The molecule has 1 aromatic heterocycles. The Hall–Kier alpha value is -2.93. The van der Waals surface area contributed by atoms with Gasteiger partial charge in [0, 0.05) is 56.6 Å². The Balaban J connectivity index is 1.42. The van der Waals surface area contributed by atoms with Gasteiger partial charge in [-0.05, 0) is 48.0 Å². The van der Waals surface area contributed by atoms with Gasteiger partial charge < -0.3 is 9.80 Å². The quantitative estimate of drug-likeness (QED) is 0.412. The molecule has 4 rings (SSSR count). The number of aromatic nitrogens is 1. The number of carbonyl (C=O) groups excluding carboxylic acids is 1. The van der Waals surface area contributed by atoms with Crippen molar-refractivity contribution in [1.29, 1.82) is 0 Å². The minimum absolute atomic E-state index is 0.233. The van der Waals surface area contributed by atoms with Gasteiger partial charge in [0.1, 0.15) is 11.0 Å². The van der Waals surface area contributed by atoms with E-state index in [9.17, 15) is 9.18 Å². The second-order valence-electron chi connectivity index (χ2n) is 8.11. The topological polar surface area (TPSA) is 39.7 Å². The number of hydrogen-bond donors (Lipinski definition) is 0. The van der Waals surface area contributed by atoms with Crippen LogP contribution in [0.5, 0.6) is 0 Å². The van der Waals surface area contributed by atoms with E-state index >= 15 is 0 Å². The van der Waals surface area contributed by atoms with Gasteiger partial charge in [-0.25, -0.2) is 9.37 Å². The van der Waals surface area contributed by atoms with Gasteiger partial charge in [-0.1, -0.05) is 47.5 Å². The zero-order valence-corrected chi connectivity index (χ0v) is 20.3. The molecule has 1 amide bonds. The summed E-state index contributed by atoms with van der Waals surface area (Å²) in [6, 6.07) is 15.4. The zero-order chi connectivity index (χ0) is 24.1. The first-order chi connectivity index (χ1) is 16.4. The minimum Gasteiger partial charge on any atom is -0.367 e. The smallest absolute Gasteiger partial charge is 0.258 e. The molecule has 1 fully saturated rings. The number of benzene rings is 2. The predicted molar refractivity (Wildman–Crippen MR) is 138 cm³/mol. The van der Waals surface area contributed by atoms with Crippen LogP contribution in [0.4, 0.5) is 15.8 Å². The highest BCUT2D eigenvalue weighted by Crippen LogP contribution is 2.31. The maximum atomic E-state index is 14.2. The number of rotatable bonds is 6. The Morgan fingerprint density at radius 2 is 1.79 bits per heavy atom. The zero-order valence-electron chi connectivity index (χ0n) is 18.8. The Morgan fingerprint density at radius 3 is 2.50 bits per heavy atom. The molecular weight excluding hydrogens is 474 g/mol. The monoisotopic (exact) mass is 498 g/mol. The molecule has 3 aromatic rings. The fraction of sp³-hybridized carbons (Fsp3) is 0.231. The van der Waals surface area contributed by atoms with Crippen molar-refractivity contribution in [1.82, 2.24) is 9.88 Å². The van der Waals surface area contributed by atoms with Gasteiger partial charge in [0.2, 0.25) is 0 Å². The summed E-state index contributed by atoms with van der Waals surface area (Å²) in [5.41, 5.74) is 2.88. The molecule has 8 heteroatoms. The number of halogens is 3. The predicted octanol–water partition coefficient (Wildman–Crippen LogP) is 5.64. The van der Waals surface area contributed by atoms with Crippen molar-refractivity contribution in [3.63, 3.8) is 0 Å². The number of carbonyl (C=O) groups is 1. The molecule has 0 radical (unpaired) electrons. The minimum atomic E-state index is -0.333. The van der Waals surface area contributed by atoms with Crippen molar-refractivity contribution in [2.24, 2.45) is 0 Å². The van der Waals surface area contributed by atoms with E-state index in [0.717, 1.165) is 43.3 Å². The maximum absolute atomic E-state index is 14.2. The van der Waals surface area contributed by atoms with Crippen molar-refractivity contribution >= 4 is 46.6 Å². The van der Waals surface area contributed by atoms with E-state index < -0.39 is 0 Å². The van der Waals surface area contributed by atoms with Crippen LogP contribution in [0, 0.1) is 5.82 Å². The molecule has 0 aliphatic carbocycles. The summed E-state index contributed by atoms with van der Waals surface area (Å²) in [7, 11) is 1.69. The highest BCUT2D eigenvalue weighted by atomic mass is 35.5. The Bertz CT molecular complexity index is 1180. The Morgan fingerprint density at radius 1 is 1.06 bits per heavy atom. The van der Waals surface area contributed by atoms with Gasteiger partial charge >= 0.3 is 0 Å². The van der Waals surface area contributed by atoms with Gasteiger partial charge in [-0.15, -0.1) is 0 Å². The molecule has 1 aliphatic heterocycles. The molecule has 1 saturated heterocycles. The first-order valence-electron chi connectivity index (χ1n) is 11.0. The lowest BCUT2D eigenvalue weighted by Crippen LogP contribution is -2.46. The molecule has 0 N–H and O–H groups in total. The molecule has 0 atom stereocenters. The van der Waals surface area contributed by atoms with Crippen molar-refractivity contribution in [3.8, 4) is 0 Å². The molecule has 2 heterocycles. The lowest BCUT2D eigenvalue weighted by atomic mass is 10.1. The number of nitrogens with zero attached hydrogens (tertiary/aromatic N) is 4. The molecule has 0 bridgehead atoms. The van der Waals surface area contributed by atoms with Crippen LogP contribution in [0.2, 0.25) is 10.2 Å². The van der Waals surface area contributed by atoms with Crippen LogP contribution < -0.4 is 9.80 Å². The van der Waals surface area contributed by atoms with Gasteiger partial charge in [0.15, 0.2) is 0 Å². The summed E-state index contributed by atoms with van der Waals surface area (Å²) in [5.74, 6) is -0.567. The van der Waals surface area contributed by atoms with E-state index in [-0.39, 0.29) is 16.9 Å². The van der Waals surface area contributed by atoms with Crippen molar-refractivity contribution in [3.05, 3.63) is 94.0 Å². The molecule has 0 unspecified atom stereocenters. The van der Waals surface area contributed by atoms with Crippen LogP contribution in [0.1, 0.15) is 15.9 Å². The summed E-state index contributed by atoms with van der Waals surface area (Å²) < 4.78 is 14.2. The lowest BCUT2D eigenvalue weighted by Gasteiger charge is -2.37. The molecular formula is C26H25Cl2FN4O. The summed E-state index contributed by atoms with van der Waals surface area (Å²) in [6.07, 6.45) is 5.72. The van der Waals surface area contributed by atoms with Crippen LogP contribution in [0.25, 0.3) is 6.08 Å². The van der Waals surface area contributed by atoms with Crippen LogP contribution >= 0.6 is 23.2 Å². The third-order valence-electron chi connectivity index (χ3n) is 5.83. The van der Waals surface area contributed by atoms with E-state index in [1.54, 1.807) is 19.2 Å². The van der Waals surface area contributed by atoms with Crippen LogP contribution in [-0.4, -0.2) is 55.6 Å². The fourth-order valence-electron chi connectivity index (χ4n) is 3.96. The molecule has 1 aliphatic rings. The summed E-state index contributed by atoms with van der Waals surface area (Å²) in [4.78, 5) is 23.0.